The lowest BCUT2D eigenvalue weighted by molar-refractivity contribution is 0.413. The molecule has 1 saturated heterocycles. The number of nitrogens with one attached hydrogen (secondary N) is 1. The third-order valence-electron chi connectivity index (χ3n) is 4.73. The van der Waals surface area contributed by atoms with Crippen LogP contribution in [0.5, 0.6) is 0 Å². The number of aromatic nitrogens is 4. The van der Waals surface area contributed by atoms with Gasteiger partial charge < -0.3 is 10.2 Å². The Balaban J connectivity index is 1.67. The van der Waals surface area contributed by atoms with Gasteiger partial charge in [-0.2, -0.15) is 5.10 Å². The van der Waals surface area contributed by atoms with Crippen molar-refractivity contribution in [1.29, 1.82) is 0 Å². The van der Waals surface area contributed by atoms with E-state index in [1.54, 1.807) is 7.05 Å². The first-order valence-electron chi connectivity index (χ1n) is 8.50. The number of rotatable bonds is 4. The molecule has 0 aliphatic carbocycles. The molecule has 0 bridgehead atoms. The molecule has 1 N–H and O–H groups in total. The molecule has 8 heteroatoms. The molecule has 25 heavy (non-hydrogen) atoms. The molecule has 0 radical (unpaired) electrons. The molecule has 1 atom stereocenters. The van der Waals surface area contributed by atoms with Gasteiger partial charge in [0.25, 0.3) is 5.56 Å². The van der Waals surface area contributed by atoms with Crippen molar-refractivity contribution >= 4 is 5.82 Å². The number of hydrogen-bond donors (Lipinski definition) is 1. The molecular weight excluding hydrogens is 320 g/mol. The molecule has 3 rings (SSSR count). The molecular formula is C17H24N6O2. The van der Waals surface area contributed by atoms with Crippen LogP contribution in [0, 0.1) is 6.92 Å². The first-order valence-corrected chi connectivity index (χ1v) is 8.50. The van der Waals surface area contributed by atoms with Crippen molar-refractivity contribution in [2.45, 2.75) is 32.4 Å². The minimum absolute atomic E-state index is 0.274. The molecule has 2 aromatic rings. The van der Waals surface area contributed by atoms with Gasteiger partial charge in [0.05, 0.1) is 5.69 Å². The quantitative estimate of drug-likeness (QED) is 0.836. The minimum Gasteiger partial charge on any atom is -0.354 e. The van der Waals surface area contributed by atoms with Crippen LogP contribution in [0.15, 0.2) is 27.8 Å². The first-order chi connectivity index (χ1) is 12.0. The largest absolute Gasteiger partial charge is 0.354 e. The van der Waals surface area contributed by atoms with E-state index in [-0.39, 0.29) is 17.3 Å². The third-order valence-corrected chi connectivity index (χ3v) is 4.73. The normalized spacial score (nSPS) is 17.7. The Morgan fingerprint density at radius 3 is 2.72 bits per heavy atom. The number of nitrogens with zero attached hydrogens (tertiary/aromatic N) is 5. The highest BCUT2D eigenvalue weighted by atomic mass is 16.2. The van der Waals surface area contributed by atoms with E-state index >= 15 is 0 Å². The smallest absolute Gasteiger partial charge is 0.330 e. The summed E-state index contributed by atoms with van der Waals surface area (Å²) < 4.78 is 2.63. The molecule has 2 aromatic heterocycles. The number of aryl methyl sites for hydroxylation is 1. The lowest BCUT2D eigenvalue weighted by Crippen LogP contribution is -2.47. The standard InChI is InChI=1S/C17H24N6O2/c1-12-6-7-15(20-19-12)23-8-4-5-13(11-23)18-10-14-9-16(24)22(3)17(25)21(14)2/h6-7,9,13,18H,4-5,8,10-11H2,1-3H3/t13-/m1/s1. The van der Waals surface area contributed by atoms with Crippen LogP contribution < -0.4 is 21.5 Å². The van der Waals surface area contributed by atoms with Crippen LogP contribution in [0.4, 0.5) is 5.82 Å². The highest BCUT2D eigenvalue weighted by Gasteiger charge is 2.21. The summed E-state index contributed by atoms with van der Waals surface area (Å²) in [6.07, 6.45) is 2.11. The zero-order valence-electron chi connectivity index (χ0n) is 14.9. The van der Waals surface area contributed by atoms with Crippen LogP contribution in [-0.4, -0.2) is 38.5 Å². The SMILES string of the molecule is Cc1ccc(N2CCC[C@@H](NCc3cc(=O)n(C)c(=O)n3C)C2)nn1. The highest BCUT2D eigenvalue weighted by molar-refractivity contribution is 5.38. The van der Waals surface area contributed by atoms with Gasteiger partial charge in [-0.25, -0.2) is 4.79 Å². The van der Waals surface area contributed by atoms with Crippen LogP contribution in [-0.2, 0) is 20.6 Å². The third kappa shape index (κ3) is 3.79. The summed E-state index contributed by atoms with van der Waals surface area (Å²) in [6.45, 7) is 4.20. The lowest BCUT2D eigenvalue weighted by atomic mass is 10.1. The van der Waals surface area contributed by atoms with Gasteiger partial charge in [-0.15, -0.1) is 5.10 Å². The molecule has 1 aliphatic rings. The maximum Gasteiger partial charge on any atom is 0.330 e. The molecule has 0 unspecified atom stereocenters. The van der Waals surface area contributed by atoms with Crippen molar-refractivity contribution < 1.29 is 0 Å². The summed E-state index contributed by atoms with van der Waals surface area (Å²) in [4.78, 5) is 26.0. The summed E-state index contributed by atoms with van der Waals surface area (Å²) in [5.74, 6) is 0.887. The Kier molecular flexibility index (Phi) is 4.98. The van der Waals surface area contributed by atoms with E-state index in [1.807, 2.05) is 19.1 Å². The van der Waals surface area contributed by atoms with Crippen molar-refractivity contribution in [1.82, 2.24) is 24.6 Å². The van der Waals surface area contributed by atoms with Gasteiger partial charge >= 0.3 is 5.69 Å². The van der Waals surface area contributed by atoms with Crippen LogP contribution in [0.25, 0.3) is 0 Å². The van der Waals surface area contributed by atoms with Gasteiger partial charge in [0.1, 0.15) is 0 Å². The second-order valence-electron chi connectivity index (χ2n) is 6.57. The van der Waals surface area contributed by atoms with E-state index in [0.29, 0.717) is 12.2 Å². The molecule has 1 fully saturated rings. The van der Waals surface area contributed by atoms with Gasteiger partial charge in [-0.1, -0.05) is 0 Å². The Labute approximate surface area is 146 Å². The van der Waals surface area contributed by atoms with E-state index in [4.69, 9.17) is 0 Å². The van der Waals surface area contributed by atoms with E-state index in [9.17, 15) is 9.59 Å². The van der Waals surface area contributed by atoms with Gasteiger partial charge in [0.15, 0.2) is 5.82 Å². The average molecular weight is 344 g/mol. The fourth-order valence-corrected chi connectivity index (χ4v) is 3.11. The van der Waals surface area contributed by atoms with Crippen molar-refractivity contribution in [3.05, 3.63) is 50.4 Å². The summed E-state index contributed by atoms with van der Waals surface area (Å²) in [7, 11) is 3.18. The van der Waals surface area contributed by atoms with Crippen LogP contribution in [0.1, 0.15) is 24.2 Å². The summed E-state index contributed by atoms with van der Waals surface area (Å²) in [5, 5.41) is 11.9. The van der Waals surface area contributed by atoms with Crippen molar-refractivity contribution in [2.75, 3.05) is 18.0 Å². The van der Waals surface area contributed by atoms with E-state index in [2.05, 4.69) is 20.4 Å². The van der Waals surface area contributed by atoms with E-state index in [0.717, 1.165) is 42.0 Å². The van der Waals surface area contributed by atoms with Gasteiger partial charge in [-0.05, 0) is 31.9 Å². The second-order valence-corrected chi connectivity index (χ2v) is 6.57. The Bertz CT molecular complexity index is 855. The molecule has 0 spiro atoms. The van der Waals surface area contributed by atoms with Gasteiger partial charge in [0, 0.05) is 51.5 Å². The van der Waals surface area contributed by atoms with Crippen LogP contribution in [0.3, 0.4) is 0 Å². The zero-order chi connectivity index (χ0) is 18.0. The van der Waals surface area contributed by atoms with E-state index in [1.165, 1.54) is 17.7 Å². The van der Waals surface area contributed by atoms with Crippen molar-refractivity contribution in [3.8, 4) is 0 Å². The summed E-state index contributed by atoms with van der Waals surface area (Å²) in [5.41, 5.74) is 1.02. The Morgan fingerprint density at radius 1 is 1.20 bits per heavy atom. The second kappa shape index (κ2) is 7.18. The average Bonchev–Trinajstić information content (AvgIpc) is 2.63. The number of piperidine rings is 1. The predicted octanol–water partition coefficient (Wildman–Crippen LogP) is -0.0590. The maximum absolute atomic E-state index is 12.0. The van der Waals surface area contributed by atoms with Crippen molar-refractivity contribution in [2.24, 2.45) is 14.1 Å². The Morgan fingerprint density at radius 2 is 2.00 bits per heavy atom. The van der Waals surface area contributed by atoms with Crippen LogP contribution in [0.2, 0.25) is 0 Å². The first kappa shape index (κ1) is 17.3. The van der Waals surface area contributed by atoms with Gasteiger partial charge in [0.2, 0.25) is 0 Å². The van der Waals surface area contributed by atoms with E-state index < -0.39 is 0 Å². The number of hydrogen-bond acceptors (Lipinski definition) is 6. The zero-order valence-corrected chi connectivity index (χ0v) is 14.9. The molecule has 3 heterocycles. The molecule has 0 amide bonds. The Hall–Kier alpha value is -2.48. The maximum atomic E-state index is 12.0. The van der Waals surface area contributed by atoms with Crippen molar-refractivity contribution in [3.63, 3.8) is 0 Å². The number of anilines is 1. The van der Waals surface area contributed by atoms with Gasteiger partial charge in [-0.3, -0.25) is 13.9 Å². The topological polar surface area (TPSA) is 85.0 Å². The summed E-state index contributed by atoms with van der Waals surface area (Å²) >= 11 is 0. The monoisotopic (exact) mass is 344 g/mol. The lowest BCUT2D eigenvalue weighted by Gasteiger charge is -2.34. The molecule has 0 aromatic carbocycles. The predicted molar refractivity (Wildman–Crippen MR) is 95.8 cm³/mol. The fraction of sp³-hybridized carbons (Fsp3) is 0.529. The molecule has 0 saturated carbocycles. The fourth-order valence-electron chi connectivity index (χ4n) is 3.11. The highest BCUT2D eigenvalue weighted by Crippen LogP contribution is 2.17. The van der Waals surface area contributed by atoms with Crippen LogP contribution >= 0.6 is 0 Å². The molecule has 8 nitrogen and oxygen atoms in total. The molecule has 134 valence electrons. The minimum atomic E-state index is -0.301. The molecule has 1 aliphatic heterocycles. The summed E-state index contributed by atoms with van der Waals surface area (Å²) in [6, 6.07) is 5.75.